The van der Waals surface area contributed by atoms with Gasteiger partial charge in [0.25, 0.3) is 15.9 Å². The normalized spacial score (nSPS) is 11.5. The van der Waals surface area contributed by atoms with Gasteiger partial charge >= 0.3 is 0 Å². The van der Waals surface area contributed by atoms with Gasteiger partial charge in [-0.3, -0.25) is 4.79 Å². The zero-order valence-corrected chi connectivity index (χ0v) is 12.7. The number of amides is 1. The number of hydrogen-bond donors (Lipinski definition) is 1. The number of nitrogens with one attached hydrogen (secondary N) is 1. The lowest BCUT2D eigenvalue weighted by molar-refractivity contribution is -0.114. The molecule has 1 amide bonds. The van der Waals surface area contributed by atoms with Gasteiger partial charge in [-0.05, 0) is 48.0 Å². The van der Waals surface area contributed by atoms with Crippen molar-refractivity contribution in [3.63, 3.8) is 0 Å². The van der Waals surface area contributed by atoms with Crippen molar-refractivity contribution in [3.05, 3.63) is 71.0 Å². The average Bonchev–Trinajstić information content (AvgIpc) is 2.46. The van der Waals surface area contributed by atoms with Crippen molar-refractivity contribution in [3.8, 4) is 0 Å². The van der Waals surface area contributed by atoms with Gasteiger partial charge in [-0.2, -0.15) is 0 Å². The highest BCUT2D eigenvalue weighted by Crippen LogP contribution is 2.11. The maximum absolute atomic E-state index is 12.8. The Labute approximate surface area is 132 Å². The average molecular weight is 340 g/mol. The second-order valence-corrected chi connectivity index (χ2v) is 6.43. The van der Waals surface area contributed by atoms with Crippen LogP contribution in [0.25, 0.3) is 6.08 Å². The van der Waals surface area contributed by atoms with E-state index in [2.05, 4.69) is 0 Å². The Hall–Kier alpha value is -2.18. The van der Waals surface area contributed by atoms with Gasteiger partial charge in [0.1, 0.15) is 5.82 Å². The van der Waals surface area contributed by atoms with Gasteiger partial charge < -0.3 is 0 Å². The quantitative estimate of drug-likeness (QED) is 0.871. The topological polar surface area (TPSA) is 63.2 Å². The highest BCUT2D eigenvalue weighted by atomic mass is 35.5. The molecule has 0 aliphatic rings. The van der Waals surface area contributed by atoms with Crippen molar-refractivity contribution in [2.24, 2.45) is 0 Å². The zero-order chi connectivity index (χ0) is 16.2. The Morgan fingerprint density at radius 1 is 1.05 bits per heavy atom. The Morgan fingerprint density at radius 3 is 2.23 bits per heavy atom. The molecule has 0 aliphatic carbocycles. The summed E-state index contributed by atoms with van der Waals surface area (Å²) >= 11 is 5.73. The third kappa shape index (κ3) is 4.41. The third-order valence-corrected chi connectivity index (χ3v) is 4.27. The largest absolute Gasteiger partial charge is 0.269 e. The molecule has 2 aromatic carbocycles. The molecule has 2 aromatic rings. The highest BCUT2D eigenvalue weighted by molar-refractivity contribution is 7.90. The summed E-state index contributed by atoms with van der Waals surface area (Å²) in [5.74, 6) is -1.37. The first-order valence-electron chi connectivity index (χ1n) is 6.13. The van der Waals surface area contributed by atoms with Crippen molar-refractivity contribution in [2.75, 3.05) is 0 Å². The predicted molar refractivity (Wildman–Crippen MR) is 82.2 cm³/mol. The molecule has 0 heterocycles. The second-order valence-electron chi connectivity index (χ2n) is 4.31. The van der Waals surface area contributed by atoms with Crippen molar-refractivity contribution < 1.29 is 17.6 Å². The van der Waals surface area contributed by atoms with E-state index in [-0.39, 0.29) is 4.90 Å². The van der Waals surface area contributed by atoms with Crippen LogP contribution in [0, 0.1) is 5.82 Å². The lowest BCUT2D eigenvalue weighted by atomic mass is 10.2. The first-order chi connectivity index (χ1) is 10.4. The fourth-order valence-corrected chi connectivity index (χ4v) is 2.66. The van der Waals surface area contributed by atoms with Gasteiger partial charge in [-0.25, -0.2) is 17.5 Å². The molecule has 22 heavy (non-hydrogen) atoms. The van der Waals surface area contributed by atoms with E-state index in [9.17, 15) is 17.6 Å². The van der Waals surface area contributed by atoms with Gasteiger partial charge in [0.15, 0.2) is 0 Å². The molecular weight excluding hydrogens is 329 g/mol. The molecule has 0 unspecified atom stereocenters. The third-order valence-electron chi connectivity index (χ3n) is 2.66. The maximum atomic E-state index is 12.8. The summed E-state index contributed by atoms with van der Waals surface area (Å²) < 4.78 is 38.5. The number of rotatable bonds is 4. The molecule has 0 bridgehead atoms. The van der Waals surface area contributed by atoms with E-state index in [1.165, 1.54) is 6.08 Å². The number of carbonyl (C=O) groups is 1. The number of hydrogen-bond acceptors (Lipinski definition) is 3. The fraction of sp³-hybridized carbons (Fsp3) is 0. The van der Waals surface area contributed by atoms with Crippen LogP contribution in [0.3, 0.4) is 0 Å². The van der Waals surface area contributed by atoms with Crippen LogP contribution in [-0.4, -0.2) is 14.3 Å². The summed E-state index contributed by atoms with van der Waals surface area (Å²) in [7, 11) is -4.03. The van der Waals surface area contributed by atoms with E-state index in [1.807, 2.05) is 4.72 Å². The minimum atomic E-state index is -4.03. The molecule has 1 N–H and O–H groups in total. The SMILES string of the molecule is O=C(/C=C/c1ccc(Cl)cc1)NS(=O)(=O)c1ccc(F)cc1. The molecule has 0 radical (unpaired) electrons. The maximum Gasteiger partial charge on any atom is 0.264 e. The smallest absolute Gasteiger partial charge is 0.264 e. The van der Waals surface area contributed by atoms with E-state index >= 15 is 0 Å². The van der Waals surface area contributed by atoms with Gasteiger partial charge in [0.2, 0.25) is 0 Å². The van der Waals surface area contributed by atoms with E-state index in [4.69, 9.17) is 11.6 Å². The summed E-state index contributed by atoms with van der Waals surface area (Å²) in [5, 5.41) is 0.556. The van der Waals surface area contributed by atoms with Crippen LogP contribution < -0.4 is 4.72 Å². The van der Waals surface area contributed by atoms with Crippen LogP contribution >= 0.6 is 11.6 Å². The first kappa shape index (κ1) is 16.2. The lowest BCUT2D eigenvalue weighted by Crippen LogP contribution is -2.28. The molecule has 0 aliphatic heterocycles. The highest BCUT2D eigenvalue weighted by Gasteiger charge is 2.15. The summed E-state index contributed by atoms with van der Waals surface area (Å²) in [5.41, 5.74) is 0.693. The van der Waals surface area contributed by atoms with Crippen LogP contribution in [0.15, 0.2) is 59.5 Å². The first-order valence-corrected chi connectivity index (χ1v) is 7.99. The zero-order valence-electron chi connectivity index (χ0n) is 11.2. The molecular formula is C15H11ClFNO3S. The Balaban J connectivity index is 2.07. The molecule has 0 fully saturated rings. The van der Waals surface area contributed by atoms with Crippen LogP contribution in [0.2, 0.25) is 5.02 Å². The molecule has 114 valence electrons. The van der Waals surface area contributed by atoms with Crippen LogP contribution in [0.5, 0.6) is 0 Å². The molecule has 0 aromatic heterocycles. The molecule has 0 saturated carbocycles. The molecule has 0 saturated heterocycles. The van der Waals surface area contributed by atoms with E-state index in [0.717, 1.165) is 30.3 Å². The summed E-state index contributed by atoms with van der Waals surface area (Å²) in [4.78, 5) is 11.5. The predicted octanol–water partition coefficient (Wildman–Crippen LogP) is 3.00. The minimum absolute atomic E-state index is 0.192. The number of sulfonamides is 1. The summed E-state index contributed by atoms with van der Waals surface area (Å²) in [6.45, 7) is 0. The van der Waals surface area contributed by atoms with Crippen LogP contribution in [0.1, 0.15) is 5.56 Å². The molecule has 0 spiro atoms. The standard InChI is InChI=1S/C15H11ClFNO3S/c16-12-4-1-11(2-5-12)3-10-15(19)18-22(20,21)14-8-6-13(17)7-9-14/h1-10H,(H,18,19)/b10-3+. The van der Waals surface area contributed by atoms with Crippen molar-refractivity contribution >= 4 is 33.6 Å². The second kappa shape index (κ2) is 6.72. The van der Waals surface area contributed by atoms with Gasteiger partial charge in [-0.15, -0.1) is 0 Å². The summed E-state index contributed by atoms with van der Waals surface area (Å²) in [6, 6.07) is 10.8. The number of carbonyl (C=O) groups excluding carboxylic acids is 1. The Bertz CT molecular complexity index is 800. The van der Waals surface area contributed by atoms with E-state index < -0.39 is 21.7 Å². The Morgan fingerprint density at radius 2 is 1.64 bits per heavy atom. The number of halogens is 2. The Kier molecular flexibility index (Phi) is 4.95. The van der Waals surface area contributed by atoms with Crippen molar-refractivity contribution in [1.29, 1.82) is 0 Å². The molecule has 2 rings (SSSR count). The molecule has 0 atom stereocenters. The monoisotopic (exact) mass is 339 g/mol. The van der Waals surface area contributed by atoms with Gasteiger partial charge in [0.05, 0.1) is 4.90 Å². The van der Waals surface area contributed by atoms with E-state index in [0.29, 0.717) is 10.6 Å². The van der Waals surface area contributed by atoms with Crippen molar-refractivity contribution in [1.82, 2.24) is 4.72 Å². The van der Waals surface area contributed by atoms with Gasteiger partial charge in [-0.1, -0.05) is 23.7 Å². The van der Waals surface area contributed by atoms with Crippen LogP contribution in [-0.2, 0) is 14.8 Å². The fourth-order valence-electron chi connectivity index (χ4n) is 1.58. The lowest BCUT2D eigenvalue weighted by Gasteiger charge is -2.04. The molecule has 7 heteroatoms. The summed E-state index contributed by atoms with van der Waals surface area (Å²) in [6.07, 6.45) is 2.54. The van der Waals surface area contributed by atoms with Crippen LogP contribution in [0.4, 0.5) is 4.39 Å². The van der Waals surface area contributed by atoms with Gasteiger partial charge in [0, 0.05) is 11.1 Å². The molecule has 4 nitrogen and oxygen atoms in total. The van der Waals surface area contributed by atoms with Crippen molar-refractivity contribution in [2.45, 2.75) is 4.90 Å². The van der Waals surface area contributed by atoms with E-state index in [1.54, 1.807) is 24.3 Å². The number of benzene rings is 2. The minimum Gasteiger partial charge on any atom is -0.269 e.